The van der Waals surface area contributed by atoms with Crippen molar-refractivity contribution in [3.05, 3.63) is 18.3 Å². The summed E-state index contributed by atoms with van der Waals surface area (Å²) in [6, 6.07) is 3.81. The summed E-state index contributed by atoms with van der Waals surface area (Å²) in [7, 11) is 0. The van der Waals surface area contributed by atoms with E-state index in [4.69, 9.17) is 10.5 Å². The Morgan fingerprint density at radius 1 is 1.56 bits per heavy atom. The van der Waals surface area contributed by atoms with E-state index in [1.165, 1.54) is 12.8 Å². The van der Waals surface area contributed by atoms with Crippen molar-refractivity contribution in [1.82, 2.24) is 4.98 Å². The number of nitrogens with one attached hydrogen (secondary N) is 1. The molecule has 3 N–H and O–H groups in total. The minimum Gasteiger partial charge on any atom is -0.490 e. The average Bonchev–Trinajstić information content (AvgIpc) is 3.09. The Kier molecular flexibility index (Phi) is 3.29. The van der Waals surface area contributed by atoms with Gasteiger partial charge in [-0.1, -0.05) is 0 Å². The van der Waals surface area contributed by atoms with Gasteiger partial charge in [0.15, 0.2) is 11.6 Å². The number of rotatable bonds is 6. The second-order valence-electron chi connectivity index (χ2n) is 4.34. The standard InChI is InChI=1S/C12H19N3O/c1-2-16-10-4-3-7-14-11(10)15-9-12(8-13)5-6-12/h3-4,7H,2,5-6,8-9,13H2,1H3,(H,14,15). The molecule has 1 aromatic heterocycles. The first-order chi connectivity index (χ1) is 7.79. The van der Waals surface area contributed by atoms with Crippen molar-refractivity contribution in [2.75, 3.05) is 25.0 Å². The fraction of sp³-hybridized carbons (Fsp3) is 0.583. The molecule has 4 heteroatoms. The molecule has 0 amide bonds. The lowest BCUT2D eigenvalue weighted by molar-refractivity contribution is 0.340. The molecule has 0 atom stereocenters. The van der Waals surface area contributed by atoms with Crippen molar-refractivity contribution in [3.8, 4) is 5.75 Å². The molecule has 0 spiro atoms. The summed E-state index contributed by atoms with van der Waals surface area (Å²) in [4.78, 5) is 4.29. The molecule has 4 nitrogen and oxygen atoms in total. The minimum absolute atomic E-state index is 0.307. The molecule has 1 aliphatic rings. The van der Waals surface area contributed by atoms with Crippen LogP contribution in [0.25, 0.3) is 0 Å². The summed E-state index contributed by atoms with van der Waals surface area (Å²) in [6.45, 7) is 4.26. The number of nitrogens with zero attached hydrogens (tertiary/aromatic N) is 1. The Hall–Kier alpha value is -1.29. The molecule has 1 fully saturated rings. The smallest absolute Gasteiger partial charge is 0.168 e. The fourth-order valence-corrected chi connectivity index (χ4v) is 1.70. The summed E-state index contributed by atoms with van der Waals surface area (Å²) in [5, 5.41) is 3.34. The van der Waals surface area contributed by atoms with Gasteiger partial charge >= 0.3 is 0 Å². The molecule has 1 heterocycles. The molecular weight excluding hydrogens is 202 g/mol. The van der Waals surface area contributed by atoms with Gasteiger partial charge in [0, 0.05) is 12.7 Å². The van der Waals surface area contributed by atoms with Crippen LogP contribution in [0.2, 0.25) is 0 Å². The molecule has 0 aromatic carbocycles. The first-order valence-corrected chi connectivity index (χ1v) is 5.81. The van der Waals surface area contributed by atoms with E-state index in [1.54, 1.807) is 6.20 Å². The van der Waals surface area contributed by atoms with Gasteiger partial charge in [-0.25, -0.2) is 4.98 Å². The summed E-state index contributed by atoms with van der Waals surface area (Å²) in [5.41, 5.74) is 6.04. The molecule has 16 heavy (non-hydrogen) atoms. The van der Waals surface area contributed by atoms with E-state index in [-0.39, 0.29) is 0 Å². The maximum absolute atomic E-state index is 5.74. The number of pyridine rings is 1. The fourth-order valence-electron chi connectivity index (χ4n) is 1.70. The molecule has 0 saturated heterocycles. The molecule has 1 aromatic rings. The van der Waals surface area contributed by atoms with Gasteiger partial charge in [-0.2, -0.15) is 0 Å². The van der Waals surface area contributed by atoms with Gasteiger partial charge in [0.05, 0.1) is 6.61 Å². The van der Waals surface area contributed by atoms with Crippen LogP contribution in [0, 0.1) is 5.41 Å². The molecule has 2 rings (SSSR count). The zero-order valence-electron chi connectivity index (χ0n) is 9.70. The number of ether oxygens (including phenoxy) is 1. The highest BCUT2D eigenvalue weighted by Crippen LogP contribution is 2.44. The number of anilines is 1. The van der Waals surface area contributed by atoms with Crippen LogP contribution >= 0.6 is 0 Å². The van der Waals surface area contributed by atoms with Crippen LogP contribution < -0.4 is 15.8 Å². The third-order valence-electron chi connectivity index (χ3n) is 3.09. The first-order valence-electron chi connectivity index (χ1n) is 5.81. The maximum Gasteiger partial charge on any atom is 0.168 e. The van der Waals surface area contributed by atoms with Crippen LogP contribution in [-0.2, 0) is 0 Å². The van der Waals surface area contributed by atoms with Crippen LogP contribution in [0.15, 0.2) is 18.3 Å². The van der Waals surface area contributed by atoms with E-state index < -0.39 is 0 Å². The molecule has 88 valence electrons. The molecule has 0 radical (unpaired) electrons. The SMILES string of the molecule is CCOc1cccnc1NCC1(CN)CC1. The van der Waals surface area contributed by atoms with Gasteiger partial charge in [0.25, 0.3) is 0 Å². The predicted octanol–water partition coefficient (Wildman–Crippen LogP) is 1.63. The molecule has 0 bridgehead atoms. The number of nitrogens with two attached hydrogens (primary N) is 1. The second-order valence-corrected chi connectivity index (χ2v) is 4.34. The van der Waals surface area contributed by atoms with Gasteiger partial charge in [-0.3, -0.25) is 0 Å². The van der Waals surface area contributed by atoms with Crippen molar-refractivity contribution in [2.45, 2.75) is 19.8 Å². The summed E-state index contributed by atoms with van der Waals surface area (Å²) >= 11 is 0. The summed E-state index contributed by atoms with van der Waals surface area (Å²) in [5.74, 6) is 1.64. The third kappa shape index (κ3) is 2.44. The van der Waals surface area contributed by atoms with E-state index >= 15 is 0 Å². The largest absolute Gasteiger partial charge is 0.490 e. The lowest BCUT2D eigenvalue weighted by Crippen LogP contribution is -2.24. The van der Waals surface area contributed by atoms with Crippen LogP contribution in [0.1, 0.15) is 19.8 Å². The summed E-state index contributed by atoms with van der Waals surface area (Å²) < 4.78 is 5.50. The first kappa shape index (κ1) is 11.2. The van der Waals surface area contributed by atoms with Gasteiger partial charge in [0.1, 0.15) is 0 Å². The Balaban J connectivity index is 1.97. The number of hydrogen-bond donors (Lipinski definition) is 2. The lowest BCUT2D eigenvalue weighted by atomic mass is 10.1. The monoisotopic (exact) mass is 221 g/mol. The summed E-state index contributed by atoms with van der Waals surface area (Å²) in [6.07, 6.45) is 4.20. The second kappa shape index (κ2) is 4.70. The maximum atomic E-state index is 5.74. The Morgan fingerprint density at radius 3 is 3.00 bits per heavy atom. The van der Waals surface area contributed by atoms with Crippen LogP contribution in [0.5, 0.6) is 5.75 Å². The van der Waals surface area contributed by atoms with Gasteiger partial charge in [-0.05, 0) is 43.9 Å². The Morgan fingerprint density at radius 2 is 2.38 bits per heavy atom. The van der Waals surface area contributed by atoms with E-state index in [1.807, 2.05) is 19.1 Å². The van der Waals surface area contributed by atoms with Gasteiger partial charge in [0.2, 0.25) is 0 Å². The zero-order valence-corrected chi connectivity index (χ0v) is 9.70. The van der Waals surface area contributed by atoms with Crippen molar-refractivity contribution in [2.24, 2.45) is 11.1 Å². The van der Waals surface area contributed by atoms with Crippen molar-refractivity contribution >= 4 is 5.82 Å². The Bertz CT molecular complexity index is 350. The molecule has 0 aliphatic heterocycles. The average molecular weight is 221 g/mol. The Labute approximate surface area is 96.2 Å². The molecule has 0 unspecified atom stereocenters. The van der Waals surface area contributed by atoms with Crippen molar-refractivity contribution < 1.29 is 4.74 Å². The molecule has 1 aliphatic carbocycles. The van der Waals surface area contributed by atoms with E-state index in [0.29, 0.717) is 12.0 Å². The predicted molar refractivity (Wildman–Crippen MR) is 64.6 cm³/mol. The third-order valence-corrected chi connectivity index (χ3v) is 3.09. The minimum atomic E-state index is 0.307. The normalized spacial score (nSPS) is 16.9. The molecule has 1 saturated carbocycles. The zero-order chi connectivity index (χ0) is 11.4. The van der Waals surface area contributed by atoms with Crippen molar-refractivity contribution in [3.63, 3.8) is 0 Å². The highest BCUT2D eigenvalue weighted by Gasteiger charge is 2.41. The van der Waals surface area contributed by atoms with Crippen molar-refractivity contribution in [1.29, 1.82) is 0 Å². The van der Waals surface area contributed by atoms with E-state index in [9.17, 15) is 0 Å². The van der Waals surface area contributed by atoms with Gasteiger partial charge in [-0.15, -0.1) is 0 Å². The lowest BCUT2D eigenvalue weighted by Gasteiger charge is -2.15. The van der Waals surface area contributed by atoms with Crippen LogP contribution in [-0.4, -0.2) is 24.7 Å². The van der Waals surface area contributed by atoms with Crippen LogP contribution in [0.4, 0.5) is 5.82 Å². The number of hydrogen-bond acceptors (Lipinski definition) is 4. The number of aromatic nitrogens is 1. The van der Waals surface area contributed by atoms with Gasteiger partial charge < -0.3 is 15.8 Å². The van der Waals surface area contributed by atoms with Crippen LogP contribution in [0.3, 0.4) is 0 Å². The highest BCUT2D eigenvalue weighted by molar-refractivity contribution is 5.49. The quantitative estimate of drug-likeness (QED) is 0.766. The van der Waals surface area contributed by atoms with E-state index in [0.717, 1.165) is 24.7 Å². The highest BCUT2D eigenvalue weighted by atomic mass is 16.5. The topological polar surface area (TPSA) is 60.2 Å². The molecular formula is C12H19N3O. The van der Waals surface area contributed by atoms with E-state index in [2.05, 4.69) is 10.3 Å².